The molecule has 0 radical (unpaired) electrons. The predicted molar refractivity (Wildman–Crippen MR) is 73.1 cm³/mol. The van der Waals surface area contributed by atoms with Crippen LogP contribution < -0.4 is 11.1 Å². The van der Waals surface area contributed by atoms with Crippen LogP contribution in [0, 0.1) is 5.92 Å². The number of hydrogen-bond donors (Lipinski definition) is 3. The minimum Gasteiger partial charge on any atom is -0.409 e. The number of amidine groups is 1. The number of nitrogens with zero attached hydrogens (tertiary/aromatic N) is 1. The van der Waals surface area contributed by atoms with Crippen molar-refractivity contribution in [3.8, 4) is 0 Å². The first kappa shape index (κ1) is 14.0. The van der Waals surface area contributed by atoms with Crippen molar-refractivity contribution in [2.24, 2.45) is 16.8 Å². The van der Waals surface area contributed by atoms with E-state index in [1.165, 1.54) is 5.56 Å². The molecule has 0 saturated carbocycles. The minimum atomic E-state index is 0.00889. The van der Waals surface area contributed by atoms with E-state index in [0.29, 0.717) is 6.54 Å². The van der Waals surface area contributed by atoms with E-state index in [2.05, 4.69) is 45.5 Å². The van der Waals surface area contributed by atoms with Gasteiger partial charge in [0.05, 0.1) is 0 Å². The van der Waals surface area contributed by atoms with E-state index in [1.54, 1.807) is 0 Å². The lowest BCUT2D eigenvalue weighted by molar-refractivity contribution is 0.313. The molecule has 17 heavy (non-hydrogen) atoms. The maximum Gasteiger partial charge on any atom is 0.143 e. The molecule has 1 aromatic carbocycles. The zero-order valence-electron chi connectivity index (χ0n) is 10.0. The van der Waals surface area contributed by atoms with Crippen molar-refractivity contribution in [2.75, 3.05) is 6.54 Å². The predicted octanol–water partition coefficient (Wildman–Crippen LogP) is 2.48. The molecule has 1 aromatic rings. The quantitative estimate of drug-likeness (QED) is 0.338. The molecule has 0 amide bonds. The SMILES string of the molecule is CC(CNC(C)c1cccc(Br)c1)/C(N)=N/O. The molecular formula is C12H18BrN3O. The van der Waals surface area contributed by atoms with Crippen LogP contribution in [0.3, 0.4) is 0 Å². The molecule has 5 heteroatoms. The Bertz CT molecular complexity index is 395. The lowest BCUT2D eigenvalue weighted by Crippen LogP contribution is -2.32. The Labute approximate surface area is 110 Å². The number of benzene rings is 1. The summed E-state index contributed by atoms with van der Waals surface area (Å²) in [5.74, 6) is 0.258. The van der Waals surface area contributed by atoms with E-state index in [-0.39, 0.29) is 17.8 Å². The lowest BCUT2D eigenvalue weighted by Gasteiger charge is -2.17. The smallest absolute Gasteiger partial charge is 0.143 e. The Morgan fingerprint density at radius 2 is 2.24 bits per heavy atom. The van der Waals surface area contributed by atoms with Crippen LogP contribution in [-0.2, 0) is 0 Å². The van der Waals surface area contributed by atoms with E-state index < -0.39 is 0 Å². The first-order chi connectivity index (χ1) is 8.04. The number of oxime groups is 1. The molecule has 94 valence electrons. The van der Waals surface area contributed by atoms with Crippen molar-refractivity contribution in [2.45, 2.75) is 19.9 Å². The highest BCUT2D eigenvalue weighted by Crippen LogP contribution is 2.17. The van der Waals surface area contributed by atoms with Gasteiger partial charge in [-0.3, -0.25) is 0 Å². The number of rotatable bonds is 5. The molecule has 1 rings (SSSR count). The van der Waals surface area contributed by atoms with Crippen molar-refractivity contribution >= 4 is 21.8 Å². The number of hydrogen-bond acceptors (Lipinski definition) is 3. The molecular weight excluding hydrogens is 282 g/mol. The highest BCUT2D eigenvalue weighted by molar-refractivity contribution is 9.10. The maximum absolute atomic E-state index is 8.55. The molecule has 0 aliphatic heterocycles. The van der Waals surface area contributed by atoms with E-state index in [4.69, 9.17) is 10.9 Å². The van der Waals surface area contributed by atoms with Crippen LogP contribution in [0.1, 0.15) is 25.5 Å². The second-order valence-corrected chi connectivity index (χ2v) is 5.03. The highest BCUT2D eigenvalue weighted by atomic mass is 79.9. The van der Waals surface area contributed by atoms with Crippen LogP contribution in [0.5, 0.6) is 0 Å². The van der Waals surface area contributed by atoms with Crippen LogP contribution >= 0.6 is 15.9 Å². The molecule has 2 unspecified atom stereocenters. The third-order valence-corrected chi connectivity index (χ3v) is 3.19. The zero-order chi connectivity index (χ0) is 12.8. The van der Waals surface area contributed by atoms with Crippen LogP contribution in [0.25, 0.3) is 0 Å². The van der Waals surface area contributed by atoms with Gasteiger partial charge in [0.25, 0.3) is 0 Å². The summed E-state index contributed by atoms with van der Waals surface area (Å²) in [5.41, 5.74) is 6.72. The van der Waals surface area contributed by atoms with Gasteiger partial charge < -0.3 is 16.3 Å². The first-order valence-corrected chi connectivity index (χ1v) is 6.30. The molecule has 0 spiro atoms. The van der Waals surface area contributed by atoms with E-state index in [1.807, 2.05) is 19.1 Å². The Morgan fingerprint density at radius 3 is 2.82 bits per heavy atom. The number of nitrogens with two attached hydrogens (primary N) is 1. The van der Waals surface area contributed by atoms with Gasteiger partial charge in [0.1, 0.15) is 5.84 Å². The summed E-state index contributed by atoms with van der Waals surface area (Å²) in [7, 11) is 0. The summed E-state index contributed by atoms with van der Waals surface area (Å²) in [6.07, 6.45) is 0. The molecule has 4 nitrogen and oxygen atoms in total. The van der Waals surface area contributed by atoms with Crippen molar-refractivity contribution in [1.29, 1.82) is 0 Å². The maximum atomic E-state index is 8.55. The summed E-state index contributed by atoms with van der Waals surface area (Å²) >= 11 is 3.44. The second kappa shape index (κ2) is 6.61. The molecule has 0 aliphatic rings. The fourth-order valence-electron chi connectivity index (χ4n) is 1.45. The molecule has 0 fully saturated rings. The van der Waals surface area contributed by atoms with Crippen LogP contribution in [-0.4, -0.2) is 17.6 Å². The minimum absolute atomic E-state index is 0.00889. The van der Waals surface area contributed by atoms with Gasteiger partial charge in [0.2, 0.25) is 0 Å². The average Bonchev–Trinajstić information content (AvgIpc) is 2.34. The largest absolute Gasteiger partial charge is 0.409 e. The van der Waals surface area contributed by atoms with Gasteiger partial charge >= 0.3 is 0 Å². The Kier molecular flexibility index (Phi) is 5.44. The van der Waals surface area contributed by atoms with E-state index in [9.17, 15) is 0 Å². The molecule has 0 aliphatic carbocycles. The van der Waals surface area contributed by atoms with E-state index >= 15 is 0 Å². The fourth-order valence-corrected chi connectivity index (χ4v) is 1.87. The molecule has 0 saturated heterocycles. The topological polar surface area (TPSA) is 70.6 Å². The van der Waals surface area contributed by atoms with E-state index in [0.717, 1.165) is 4.47 Å². The number of nitrogens with one attached hydrogen (secondary N) is 1. The third kappa shape index (κ3) is 4.36. The van der Waals surface area contributed by atoms with Crippen LogP contribution in [0.2, 0.25) is 0 Å². The van der Waals surface area contributed by atoms with Crippen LogP contribution in [0.15, 0.2) is 33.9 Å². The van der Waals surface area contributed by atoms with Gasteiger partial charge in [0.15, 0.2) is 0 Å². The monoisotopic (exact) mass is 299 g/mol. The average molecular weight is 300 g/mol. The molecule has 2 atom stereocenters. The third-order valence-electron chi connectivity index (χ3n) is 2.70. The Balaban J connectivity index is 2.53. The summed E-state index contributed by atoms with van der Waals surface area (Å²) in [4.78, 5) is 0. The van der Waals surface area contributed by atoms with Gasteiger partial charge in [-0.25, -0.2) is 0 Å². The van der Waals surface area contributed by atoms with Crippen molar-refractivity contribution < 1.29 is 5.21 Å². The second-order valence-electron chi connectivity index (χ2n) is 4.11. The Hall–Kier alpha value is -1.07. The summed E-state index contributed by atoms with van der Waals surface area (Å²) in [6.45, 7) is 4.67. The van der Waals surface area contributed by atoms with Gasteiger partial charge in [-0.05, 0) is 24.6 Å². The van der Waals surface area contributed by atoms with Gasteiger partial charge in [0, 0.05) is 23.0 Å². The molecule has 4 N–H and O–H groups in total. The summed E-state index contributed by atoms with van der Waals surface area (Å²) in [6, 6.07) is 8.36. The summed E-state index contributed by atoms with van der Waals surface area (Å²) < 4.78 is 1.06. The molecule has 0 heterocycles. The van der Waals surface area contributed by atoms with Crippen molar-refractivity contribution in [1.82, 2.24) is 5.32 Å². The van der Waals surface area contributed by atoms with Gasteiger partial charge in [-0.1, -0.05) is 40.1 Å². The number of halogens is 1. The zero-order valence-corrected chi connectivity index (χ0v) is 11.6. The highest BCUT2D eigenvalue weighted by Gasteiger charge is 2.10. The first-order valence-electron chi connectivity index (χ1n) is 5.51. The Morgan fingerprint density at radius 1 is 1.53 bits per heavy atom. The standard InChI is InChI=1S/C12H18BrN3O/c1-8(12(14)16-17)7-15-9(2)10-4-3-5-11(13)6-10/h3-6,8-9,15,17H,7H2,1-2H3,(H2,14,16). The lowest BCUT2D eigenvalue weighted by atomic mass is 10.1. The molecule has 0 bridgehead atoms. The van der Waals surface area contributed by atoms with Crippen LogP contribution in [0.4, 0.5) is 0 Å². The molecule has 0 aromatic heterocycles. The fraction of sp³-hybridized carbons (Fsp3) is 0.417. The van der Waals surface area contributed by atoms with Crippen molar-refractivity contribution in [3.63, 3.8) is 0 Å². The normalized spacial score (nSPS) is 15.6. The van der Waals surface area contributed by atoms with Gasteiger partial charge in [-0.2, -0.15) is 0 Å². The van der Waals surface area contributed by atoms with Gasteiger partial charge in [-0.15, -0.1) is 0 Å². The van der Waals surface area contributed by atoms with Crippen molar-refractivity contribution in [3.05, 3.63) is 34.3 Å². The summed E-state index contributed by atoms with van der Waals surface area (Å²) in [5, 5.41) is 14.9.